The fourth-order valence-corrected chi connectivity index (χ4v) is 5.85. The number of aromatic nitrogens is 2. The van der Waals surface area contributed by atoms with Gasteiger partial charge < -0.3 is 57.3 Å². The summed E-state index contributed by atoms with van der Waals surface area (Å²) in [5, 5.41) is 34.6. The minimum Gasteiger partial charge on any atom is -0.489 e. The number of hydrogen-bond donors (Lipinski definition) is 7. The summed E-state index contributed by atoms with van der Waals surface area (Å²) < 4.78 is 15.3. The fourth-order valence-electron chi connectivity index (χ4n) is 5.85. The molecule has 0 radical (unpaired) electrons. The molecule has 6 aromatic rings. The molecule has 2 atom stereocenters. The maximum atomic E-state index is 11.9. The number of nitrogens with two attached hydrogens (primary N) is 4. The molecule has 0 aliphatic rings. The molecular weight excluding hydrogens is 713 g/mol. The van der Waals surface area contributed by atoms with E-state index in [4.69, 9.17) is 37.5 Å². The molecule has 0 saturated carbocycles. The smallest absolute Gasteiger partial charge is 0.243 e. The minimum absolute atomic E-state index is 0.211. The fraction of sp³-hybridized carbons (Fsp3) is 0.220. The number of aliphatic hydroxyl groups excluding tert-OH is 1. The van der Waals surface area contributed by atoms with E-state index in [2.05, 4.69) is 22.8 Å². The Bertz CT molecular complexity index is 2300. The van der Waals surface area contributed by atoms with Gasteiger partial charge in [-0.3, -0.25) is 9.59 Å². The first-order valence-corrected chi connectivity index (χ1v) is 17.6. The van der Waals surface area contributed by atoms with E-state index in [1.807, 2.05) is 81.7 Å². The third-order valence-electron chi connectivity index (χ3n) is 9.17. The van der Waals surface area contributed by atoms with Gasteiger partial charge in [0.2, 0.25) is 11.8 Å². The van der Waals surface area contributed by atoms with Gasteiger partial charge in [-0.2, -0.15) is 10.5 Å². The monoisotopic (exact) mass is 756 g/mol. The average molecular weight is 757 g/mol. The molecule has 0 aliphatic heterocycles. The lowest BCUT2D eigenvalue weighted by Crippen LogP contribution is -2.38. The van der Waals surface area contributed by atoms with Crippen molar-refractivity contribution in [3.63, 3.8) is 0 Å². The normalized spacial score (nSPS) is 11.8. The van der Waals surface area contributed by atoms with Crippen molar-refractivity contribution in [1.29, 1.82) is 10.5 Å². The van der Waals surface area contributed by atoms with E-state index in [1.54, 1.807) is 33.4 Å². The number of carbonyl (C=O) groups excluding carboxylic acids is 2. The Balaban J connectivity index is 0.000000214. The summed E-state index contributed by atoms with van der Waals surface area (Å²) in [6, 6.07) is 28.3. The predicted molar refractivity (Wildman–Crippen MR) is 216 cm³/mol. The van der Waals surface area contributed by atoms with Crippen LogP contribution in [-0.2, 0) is 36.9 Å². The molecule has 0 aliphatic carbocycles. The highest BCUT2D eigenvalue weighted by atomic mass is 16.5. The predicted octanol–water partition coefficient (Wildman–Crippen LogP) is 4.36. The van der Waals surface area contributed by atoms with Crippen LogP contribution in [0.2, 0.25) is 0 Å². The number of aryl methyl sites for hydroxylation is 2. The molecule has 15 heteroatoms. The summed E-state index contributed by atoms with van der Waals surface area (Å²) in [6.07, 6.45) is 0.575. The van der Waals surface area contributed by atoms with Crippen LogP contribution in [-0.4, -0.2) is 44.7 Å². The quantitative estimate of drug-likeness (QED) is 0.0923. The summed E-state index contributed by atoms with van der Waals surface area (Å²) >= 11 is 0. The summed E-state index contributed by atoms with van der Waals surface area (Å²) in [4.78, 5) is 23.7. The van der Waals surface area contributed by atoms with Crippen LogP contribution in [0.5, 0.6) is 11.5 Å². The molecule has 0 saturated heterocycles. The number of rotatable bonds is 12. The maximum Gasteiger partial charge on any atom is 0.243 e. The van der Waals surface area contributed by atoms with Crippen LogP contribution < -0.4 is 43.0 Å². The first-order valence-electron chi connectivity index (χ1n) is 17.6. The molecule has 0 spiro atoms. The van der Waals surface area contributed by atoms with Crippen molar-refractivity contribution >= 4 is 56.6 Å². The second-order valence-corrected chi connectivity index (χ2v) is 13.0. The molecular formula is C41H44N10O5. The number of fused-ring (bicyclic) bond motifs is 2. The lowest BCUT2D eigenvalue weighted by Gasteiger charge is -2.12. The first-order chi connectivity index (χ1) is 26.9. The molecule has 288 valence electrons. The zero-order valence-corrected chi connectivity index (χ0v) is 31.2. The Morgan fingerprint density at radius 1 is 0.714 bits per heavy atom. The molecule has 4 aromatic carbocycles. The Hall–Kier alpha value is -7.04. The van der Waals surface area contributed by atoms with Gasteiger partial charge in [-0.25, -0.2) is 0 Å². The van der Waals surface area contributed by atoms with Crippen LogP contribution in [0.25, 0.3) is 21.8 Å². The molecule has 56 heavy (non-hydrogen) atoms. The lowest BCUT2D eigenvalue weighted by atomic mass is 10.1. The molecule has 2 aromatic heterocycles. The number of amides is 2. The van der Waals surface area contributed by atoms with Crippen LogP contribution in [0.15, 0.2) is 84.9 Å². The number of nitrogens with one attached hydrogen (secondary N) is 2. The van der Waals surface area contributed by atoms with Gasteiger partial charge in [-0.15, -0.1) is 0 Å². The molecule has 0 fully saturated rings. The third kappa shape index (κ3) is 9.00. The summed E-state index contributed by atoms with van der Waals surface area (Å²) in [6.45, 7) is 2.03. The number of anilines is 4. The Morgan fingerprint density at radius 3 is 1.54 bits per heavy atom. The lowest BCUT2D eigenvalue weighted by molar-refractivity contribution is -0.118. The van der Waals surface area contributed by atoms with Crippen molar-refractivity contribution in [1.82, 2.24) is 9.13 Å². The SMILES string of the molecule is CC[C@H](N)C(=O)Nc1cccc(COc2ccc3c(c2)c(C#N)c(N)n3C)c1.Cn1c(N)c(C#N)c2cc(OCc3cccc(NC(=O)[C@@H](N)CO)c3)ccc21. The van der Waals surface area contributed by atoms with Crippen LogP contribution in [0.3, 0.4) is 0 Å². The second-order valence-electron chi connectivity index (χ2n) is 13.0. The van der Waals surface area contributed by atoms with Crippen molar-refractivity contribution in [3.8, 4) is 23.6 Å². The average Bonchev–Trinajstić information content (AvgIpc) is 3.60. The van der Waals surface area contributed by atoms with Crippen LogP contribution in [0, 0.1) is 22.7 Å². The van der Waals surface area contributed by atoms with Gasteiger partial charge in [0.25, 0.3) is 0 Å². The molecule has 15 nitrogen and oxygen atoms in total. The van der Waals surface area contributed by atoms with Gasteiger partial charge in [0.05, 0.1) is 23.7 Å². The zero-order valence-electron chi connectivity index (χ0n) is 31.2. The van der Waals surface area contributed by atoms with Gasteiger partial charge in [-0.05, 0) is 78.2 Å². The molecule has 2 amide bonds. The molecule has 11 N–H and O–H groups in total. The number of nitriles is 2. The molecule has 0 unspecified atom stereocenters. The summed E-state index contributed by atoms with van der Waals surface area (Å²) in [5.41, 5.74) is 28.8. The largest absolute Gasteiger partial charge is 0.489 e. The summed E-state index contributed by atoms with van der Waals surface area (Å²) in [7, 11) is 3.63. The Kier molecular flexibility index (Phi) is 12.8. The number of hydrogen-bond acceptors (Lipinski definition) is 11. The van der Waals surface area contributed by atoms with Gasteiger partial charge >= 0.3 is 0 Å². The van der Waals surface area contributed by atoms with Crippen LogP contribution >= 0.6 is 0 Å². The Labute approximate surface area is 323 Å². The summed E-state index contributed by atoms with van der Waals surface area (Å²) in [5.74, 6) is 1.42. The van der Waals surface area contributed by atoms with E-state index >= 15 is 0 Å². The number of carbonyl (C=O) groups is 2. The molecule has 6 rings (SSSR count). The van der Waals surface area contributed by atoms with E-state index in [0.29, 0.717) is 58.7 Å². The number of ether oxygens (including phenoxy) is 2. The first kappa shape index (κ1) is 40.2. The van der Waals surface area contributed by atoms with Crippen molar-refractivity contribution in [3.05, 3.63) is 107 Å². The number of nitrogens with zero attached hydrogens (tertiary/aromatic N) is 4. The van der Waals surface area contributed by atoms with Crippen LogP contribution in [0.4, 0.5) is 23.0 Å². The Morgan fingerprint density at radius 2 is 1.14 bits per heavy atom. The van der Waals surface area contributed by atoms with Crippen molar-refractivity contribution in [2.24, 2.45) is 25.6 Å². The molecule has 0 bridgehead atoms. The third-order valence-corrected chi connectivity index (χ3v) is 9.17. The van der Waals surface area contributed by atoms with E-state index < -0.39 is 24.6 Å². The van der Waals surface area contributed by atoms with Gasteiger partial charge in [0.15, 0.2) is 0 Å². The molecule has 2 heterocycles. The maximum absolute atomic E-state index is 11.9. The zero-order chi connectivity index (χ0) is 40.5. The van der Waals surface area contributed by atoms with Crippen molar-refractivity contribution < 1.29 is 24.2 Å². The van der Waals surface area contributed by atoms with Crippen molar-refractivity contribution in [2.45, 2.75) is 38.6 Å². The minimum atomic E-state index is -0.973. The highest BCUT2D eigenvalue weighted by molar-refractivity contribution is 5.96. The van der Waals surface area contributed by atoms with E-state index in [-0.39, 0.29) is 12.5 Å². The van der Waals surface area contributed by atoms with Gasteiger partial charge in [0.1, 0.15) is 65.7 Å². The van der Waals surface area contributed by atoms with E-state index in [9.17, 15) is 20.1 Å². The van der Waals surface area contributed by atoms with Crippen molar-refractivity contribution in [2.75, 3.05) is 28.7 Å². The number of nitrogen functional groups attached to an aromatic ring is 2. The highest BCUT2D eigenvalue weighted by Gasteiger charge is 2.16. The number of benzene rings is 4. The van der Waals surface area contributed by atoms with Gasteiger partial charge in [-0.1, -0.05) is 31.2 Å². The number of aliphatic hydroxyl groups is 1. The van der Waals surface area contributed by atoms with Crippen LogP contribution in [0.1, 0.15) is 35.6 Å². The topological polar surface area (TPSA) is 258 Å². The highest BCUT2D eigenvalue weighted by Crippen LogP contribution is 2.31. The second kappa shape index (κ2) is 17.9. The van der Waals surface area contributed by atoms with E-state index in [1.165, 1.54) is 0 Å². The van der Waals surface area contributed by atoms with E-state index in [0.717, 1.165) is 32.9 Å². The standard InChI is InChI=1S/C21H23N5O2.C20H21N5O3/c1-3-18(23)21(27)25-14-6-4-5-13(9-14)12-28-15-7-8-19-16(10-15)17(11-22)20(24)26(19)2;1-25-18-6-5-14(8-15(18)16(9-21)19(25)23)28-11-12-3-2-4-13(7-12)24-20(27)17(22)10-26/h4-10,18H,3,12,23-24H2,1-2H3,(H,25,27);2-8,17,26H,10-11,22-23H2,1H3,(H,24,27)/t18-;17-/m00/s1. The van der Waals surface area contributed by atoms with Gasteiger partial charge in [0, 0.05) is 36.2 Å².